The molecule has 0 unspecified atom stereocenters. The zero-order valence-electron chi connectivity index (χ0n) is 6.95. The number of hydrogen-bond donors (Lipinski definition) is 2. The number of rotatable bonds is 4. The first kappa shape index (κ1) is 8.73. The van der Waals surface area contributed by atoms with E-state index in [1.54, 1.807) is 19.5 Å². The fraction of sp³-hybridized carbons (Fsp3) is 0.429. The van der Waals surface area contributed by atoms with Gasteiger partial charge in [-0.3, -0.25) is 0 Å². The highest BCUT2D eigenvalue weighted by molar-refractivity contribution is 5.31. The van der Waals surface area contributed by atoms with Gasteiger partial charge in [0, 0.05) is 13.1 Å². The zero-order valence-corrected chi connectivity index (χ0v) is 6.95. The topological polar surface area (TPSA) is 73.1 Å². The summed E-state index contributed by atoms with van der Waals surface area (Å²) >= 11 is 0. The summed E-state index contributed by atoms with van der Waals surface area (Å²) in [4.78, 5) is 7.99. The van der Waals surface area contributed by atoms with Gasteiger partial charge in [0.15, 0.2) is 0 Å². The molecule has 66 valence electrons. The molecule has 0 radical (unpaired) electrons. The molecule has 0 aliphatic heterocycles. The molecule has 1 aromatic rings. The van der Waals surface area contributed by atoms with Crippen LogP contribution in [0.15, 0.2) is 12.4 Å². The molecule has 0 spiro atoms. The van der Waals surface area contributed by atoms with E-state index in [9.17, 15) is 0 Å². The number of ether oxygens (including phenoxy) is 1. The van der Waals surface area contributed by atoms with E-state index < -0.39 is 0 Å². The second-order valence-electron chi connectivity index (χ2n) is 2.16. The number of nitrogens with two attached hydrogens (primary N) is 1. The van der Waals surface area contributed by atoms with Gasteiger partial charge in [-0.2, -0.15) is 0 Å². The summed E-state index contributed by atoms with van der Waals surface area (Å²) in [5.41, 5.74) is 5.30. The first-order valence-electron chi connectivity index (χ1n) is 3.67. The summed E-state index contributed by atoms with van der Waals surface area (Å²) < 4.78 is 4.85. The highest BCUT2D eigenvalue weighted by Crippen LogP contribution is 2.05. The monoisotopic (exact) mass is 168 g/mol. The highest BCUT2D eigenvalue weighted by Gasteiger charge is 1.94. The summed E-state index contributed by atoms with van der Waals surface area (Å²) in [6.45, 7) is 1.27. The van der Waals surface area contributed by atoms with E-state index in [4.69, 9.17) is 10.5 Å². The Balaban J connectivity index is 2.53. The Morgan fingerprint density at radius 2 is 2.33 bits per heavy atom. The molecule has 0 fully saturated rings. The molecule has 0 amide bonds. The molecule has 1 heterocycles. The van der Waals surface area contributed by atoms with Crippen molar-refractivity contribution in [3.8, 4) is 5.88 Å². The fourth-order valence-corrected chi connectivity index (χ4v) is 0.713. The minimum Gasteiger partial charge on any atom is -0.480 e. The Bertz CT molecular complexity index is 223. The van der Waals surface area contributed by atoms with E-state index in [0.29, 0.717) is 24.8 Å². The van der Waals surface area contributed by atoms with Gasteiger partial charge in [-0.05, 0) is 0 Å². The fourth-order valence-electron chi connectivity index (χ4n) is 0.713. The Morgan fingerprint density at radius 3 is 2.83 bits per heavy atom. The van der Waals surface area contributed by atoms with Crippen molar-refractivity contribution >= 4 is 5.82 Å². The molecule has 0 bridgehead atoms. The van der Waals surface area contributed by atoms with Crippen LogP contribution in [0.5, 0.6) is 5.88 Å². The van der Waals surface area contributed by atoms with Crippen molar-refractivity contribution in [1.29, 1.82) is 0 Å². The molecule has 0 saturated carbocycles. The molecule has 3 N–H and O–H groups in total. The number of methoxy groups -OCH3 is 1. The number of nitrogens with one attached hydrogen (secondary N) is 1. The van der Waals surface area contributed by atoms with E-state index >= 15 is 0 Å². The van der Waals surface area contributed by atoms with Gasteiger partial charge in [0.1, 0.15) is 5.82 Å². The lowest BCUT2D eigenvalue weighted by Gasteiger charge is -2.02. The van der Waals surface area contributed by atoms with E-state index in [2.05, 4.69) is 15.3 Å². The van der Waals surface area contributed by atoms with Crippen molar-refractivity contribution in [2.24, 2.45) is 5.73 Å². The van der Waals surface area contributed by atoms with Crippen molar-refractivity contribution < 1.29 is 4.74 Å². The Labute approximate surface area is 71.0 Å². The molecule has 0 atom stereocenters. The van der Waals surface area contributed by atoms with E-state index in [1.807, 2.05) is 0 Å². The molecule has 5 nitrogen and oxygen atoms in total. The van der Waals surface area contributed by atoms with Gasteiger partial charge in [0.25, 0.3) is 0 Å². The smallest absolute Gasteiger partial charge is 0.232 e. The van der Waals surface area contributed by atoms with Crippen LogP contribution in [0.4, 0.5) is 5.82 Å². The number of aromatic nitrogens is 2. The predicted octanol–water partition coefficient (Wildman–Crippen LogP) is -0.144. The third-order valence-electron chi connectivity index (χ3n) is 1.29. The molecule has 0 aromatic carbocycles. The van der Waals surface area contributed by atoms with Crippen LogP contribution in [-0.4, -0.2) is 30.2 Å². The number of anilines is 1. The number of nitrogens with zero attached hydrogens (tertiary/aromatic N) is 2. The van der Waals surface area contributed by atoms with Gasteiger partial charge in [0.05, 0.1) is 19.5 Å². The SMILES string of the molecule is COc1cnc(NCCN)cn1. The normalized spacial score (nSPS) is 9.50. The van der Waals surface area contributed by atoms with Gasteiger partial charge in [-0.25, -0.2) is 9.97 Å². The minimum atomic E-state index is 0.508. The van der Waals surface area contributed by atoms with Crippen LogP contribution in [-0.2, 0) is 0 Å². The van der Waals surface area contributed by atoms with Crippen molar-refractivity contribution in [3.63, 3.8) is 0 Å². The zero-order chi connectivity index (χ0) is 8.81. The molecular formula is C7H12N4O. The molecule has 1 aromatic heterocycles. The van der Waals surface area contributed by atoms with Crippen molar-refractivity contribution in [2.45, 2.75) is 0 Å². The molecule has 0 aliphatic rings. The maximum absolute atomic E-state index is 5.30. The first-order chi connectivity index (χ1) is 5.86. The second kappa shape index (κ2) is 4.50. The van der Waals surface area contributed by atoms with Gasteiger partial charge < -0.3 is 15.8 Å². The van der Waals surface area contributed by atoms with Crippen LogP contribution < -0.4 is 15.8 Å². The van der Waals surface area contributed by atoms with Crippen LogP contribution in [0.3, 0.4) is 0 Å². The van der Waals surface area contributed by atoms with E-state index in [1.165, 1.54) is 0 Å². The van der Waals surface area contributed by atoms with Gasteiger partial charge in [0.2, 0.25) is 5.88 Å². The lowest BCUT2D eigenvalue weighted by molar-refractivity contribution is 0.396. The summed E-state index contributed by atoms with van der Waals surface area (Å²) in [6, 6.07) is 0. The first-order valence-corrected chi connectivity index (χ1v) is 3.67. The van der Waals surface area contributed by atoms with Crippen LogP contribution in [0, 0.1) is 0 Å². The summed E-state index contributed by atoms with van der Waals surface area (Å²) in [7, 11) is 1.55. The molecular weight excluding hydrogens is 156 g/mol. The molecule has 5 heteroatoms. The lowest BCUT2D eigenvalue weighted by atomic mass is 10.6. The van der Waals surface area contributed by atoms with Gasteiger partial charge in [-0.1, -0.05) is 0 Å². The second-order valence-corrected chi connectivity index (χ2v) is 2.16. The predicted molar refractivity (Wildman–Crippen MR) is 46.1 cm³/mol. The summed E-state index contributed by atoms with van der Waals surface area (Å²) in [5, 5.41) is 2.99. The third-order valence-corrected chi connectivity index (χ3v) is 1.29. The maximum Gasteiger partial charge on any atom is 0.232 e. The highest BCUT2D eigenvalue weighted by atomic mass is 16.5. The van der Waals surface area contributed by atoms with E-state index in [-0.39, 0.29) is 0 Å². The van der Waals surface area contributed by atoms with Crippen LogP contribution in [0.1, 0.15) is 0 Å². The number of hydrogen-bond acceptors (Lipinski definition) is 5. The summed E-state index contributed by atoms with van der Waals surface area (Å²) in [6.07, 6.45) is 3.16. The molecule has 0 saturated heterocycles. The van der Waals surface area contributed by atoms with E-state index in [0.717, 1.165) is 0 Å². The Hall–Kier alpha value is -1.36. The Kier molecular flexibility index (Phi) is 3.28. The van der Waals surface area contributed by atoms with Gasteiger partial charge in [-0.15, -0.1) is 0 Å². The largest absolute Gasteiger partial charge is 0.480 e. The van der Waals surface area contributed by atoms with Crippen LogP contribution in [0.25, 0.3) is 0 Å². The standard InChI is InChI=1S/C7H12N4O/c1-12-7-5-10-6(4-11-7)9-3-2-8/h4-5H,2-3,8H2,1H3,(H,9,10). The minimum absolute atomic E-state index is 0.508. The van der Waals surface area contributed by atoms with Gasteiger partial charge >= 0.3 is 0 Å². The average Bonchev–Trinajstić information content (AvgIpc) is 2.15. The van der Waals surface area contributed by atoms with Crippen molar-refractivity contribution in [1.82, 2.24) is 9.97 Å². The lowest BCUT2D eigenvalue weighted by Crippen LogP contribution is -2.13. The van der Waals surface area contributed by atoms with Crippen LogP contribution >= 0.6 is 0 Å². The molecule has 12 heavy (non-hydrogen) atoms. The van der Waals surface area contributed by atoms with Crippen LogP contribution in [0.2, 0.25) is 0 Å². The summed E-state index contributed by atoms with van der Waals surface area (Å²) in [5.74, 6) is 1.22. The average molecular weight is 168 g/mol. The van der Waals surface area contributed by atoms with Crippen molar-refractivity contribution in [3.05, 3.63) is 12.4 Å². The molecule has 1 rings (SSSR count). The van der Waals surface area contributed by atoms with Crippen molar-refractivity contribution in [2.75, 3.05) is 25.5 Å². The Morgan fingerprint density at radius 1 is 1.50 bits per heavy atom. The third kappa shape index (κ3) is 2.35. The molecule has 0 aliphatic carbocycles. The maximum atomic E-state index is 5.30. The quantitative estimate of drug-likeness (QED) is 0.654.